The third-order valence-electron chi connectivity index (χ3n) is 3.83. The predicted octanol–water partition coefficient (Wildman–Crippen LogP) is 6.43. The molecule has 0 amide bonds. The van der Waals surface area contributed by atoms with Crippen LogP contribution in [0.2, 0.25) is 0 Å². The molecule has 0 aliphatic carbocycles. The van der Waals surface area contributed by atoms with Crippen LogP contribution in [0.3, 0.4) is 0 Å². The zero-order chi connectivity index (χ0) is 16.4. The summed E-state index contributed by atoms with van der Waals surface area (Å²) in [5, 5.41) is -0.401. The fourth-order valence-electron chi connectivity index (χ4n) is 2.60. The molecule has 3 radical (unpaired) electrons. The van der Waals surface area contributed by atoms with Gasteiger partial charge in [0, 0.05) is 18.5 Å². The molecule has 0 aromatic heterocycles. The van der Waals surface area contributed by atoms with E-state index in [2.05, 4.69) is 131 Å². The van der Waals surface area contributed by atoms with Gasteiger partial charge in [-0.2, -0.15) is 0 Å². The molecule has 0 saturated carbocycles. The van der Waals surface area contributed by atoms with Gasteiger partial charge in [0.05, 0.1) is 10.2 Å². The lowest BCUT2D eigenvalue weighted by Gasteiger charge is -2.32. The molecule has 3 aromatic rings. The van der Waals surface area contributed by atoms with E-state index in [1.165, 1.54) is 16.7 Å². The smallest absolute Gasteiger partial charge is 0.0510 e. The van der Waals surface area contributed by atoms with Crippen molar-refractivity contribution in [3.63, 3.8) is 0 Å². The number of halogens is 3. The standard InChI is InChI=1S/C19H12Br3Si/c20-16-7-1-13(2-8-16)19(23,14-3-9-17(21)10-4-14)15-5-11-18(22)12-6-15/h1-12H. The van der Waals surface area contributed by atoms with Gasteiger partial charge in [-0.25, -0.2) is 0 Å². The van der Waals surface area contributed by atoms with Crippen LogP contribution < -0.4 is 0 Å². The summed E-state index contributed by atoms with van der Waals surface area (Å²) in [6, 6.07) is 25.3. The maximum Gasteiger partial charge on any atom is 0.0510 e. The zero-order valence-electron chi connectivity index (χ0n) is 12.1. The van der Waals surface area contributed by atoms with E-state index in [4.69, 9.17) is 0 Å². The van der Waals surface area contributed by atoms with Crippen molar-refractivity contribution in [2.45, 2.75) is 5.04 Å². The summed E-state index contributed by atoms with van der Waals surface area (Å²) in [5.41, 5.74) is 3.55. The van der Waals surface area contributed by atoms with Crippen molar-refractivity contribution in [1.82, 2.24) is 0 Å². The first-order valence-corrected chi connectivity index (χ1v) is 9.91. The summed E-state index contributed by atoms with van der Waals surface area (Å²) in [7, 11) is 4.10. The SMILES string of the molecule is [Si]C(c1ccc(Br)cc1)(c1ccc(Br)cc1)c1ccc(Br)cc1. The van der Waals surface area contributed by atoms with Gasteiger partial charge in [0.1, 0.15) is 0 Å². The second kappa shape index (κ2) is 7.05. The van der Waals surface area contributed by atoms with Crippen molar-refractivity contribution in [2.75, 3.05) is 0 Å². The molecule has 3 aromatic carbocycles. The summed E-state index contributed by atoms with van der Waals surface area (Å²) in [6.45, 7) is 0. The fourth-order valence-corrected chi connectivity index (χ4v) is 3.89. The Hall–Kier alpha value is -0.683. The first-order valence-electron chi connectivity index (χ1n) is 7.03. The molecular weight excluding hydrogens is 496 g/mol. The number of rotatable bonds is 3. The topological polar surface area (TPSA) is 0 Å². The highest BCUT2D eigenvalue weighted by Gasteiger charge is 2.31. The maximum absolute atomic E-state index is 4.10. The lowest BCUT2D eigenvalue weighted by molar-refractivity contribution is 0.876. The molecular formula is C19H12Br3Si. The maximum atomic E-state index is 4.10. The van der Waals surface area contributed by atoms with Crippen molar-refractivity contribution in [3.8, 4) is 0 Å². The summed E-state index contributed by atoms with van der Waals surface area (Å²) in [6.07, 6.45) is 0. The van der Waals surface area contributed by atoms with Gasteiger partial charge in [0.15, 0.2) is 0 Å². The van der Waals surface area contributed by atoms with Crippen LogP contribution in [0, 0.1) is 0 Å². The van der Waals surface area contributed by atoms with Crippen LogP contribution in [-0.4, -0.2) is 10.2 Å². The summed E-state index contributed by atoms with van der Waals surface area (Å²) in [4.78, 5) is 0. The van der Waals surface area contributed by atoms with Crippen molar-refractivity contribution in [1.29, 1.82) is 0 Å². The van der Waals surface area contributed by atoms with Crippen molar-refractivity contribution < 1.29 is 0 Å². The van der Waals surface area contributed by atoms with Gasteiger partial charge in [-0.15, -0.1) is 0 Å². The molecule has 0 saturated heterocycles. The molecule has 0 heterocycles. The summed E-state index contributed by atoms with van der Waals surface area (Å²) >= 11 is 10.5. The molecule has 0 N–H and O–H groups in total. The van der Waals surface area contributed by atoms with E-state index < -0.39 is 5.04 Å². The molecule has 113 valence electrons. The van der Waals surface area contributed by atoms with Crippen LogP contribution in [0.25, 0.3) is 0 Å². The third kappa shape index (κ3) is 3.55. The van der Waals surface area contributed by atoms with Crippen molar-refractivity contribution >= 4 is 58.0 Å². The average molecular weight is 508 g/mol. The zero-order valence-corrected chi connectivity index (χ0v) is 17.8. The summed E-state index contributed by atoms with van der Waals surface area (Å²) < 4.78 is 3.21. The quantitative estimate of drug-likeness (QED) is 0.283. The Balaban J connectivity index is 2.21. The van der Waals surface area contributed by atoms with Crippen LogP contribution in [0.5, 0.6) is 0 Å². The molecule has 0 aliphatic heterocycles. The molecule has 23 heavy (non-hydrogen) atoms. The van der Waals surface area contributed by atoms with E-state index in [0.717, 1.165) is 13.4 Å². The van der Waals surface area contributed by atoms with Crippen LogP contribution in [0.1, 0.15) is 16.7 Å². The molecule has 0 aliphatic rings. The van der Waals surface area contributed by atoms with Gasteiger partial charge in [-0.05, 0) is 53.1 Å². The van der Waals surface area contributed by atoms with Crippen LogP contribution >= 0.6 is 47.8 Å². The highest BCUT2D eigenvalue weighted by molar-refractivity contribution is 9.11. The minimum absolute atomic E-state index is 0.401. The van der Waals surface area contributed by atoms with E-state index in [0.29, 0.717) is 0 Å². The second-order valence-corrected chi connectivity index (χ2v) is 8.77. The van der Waals surface area contributed by atoms with Gasteiger partial charge < -0.3 is 0 Å². The minimum Gasteiger partial charge on any atom is -0.0570 e. The fraction of sp³-hybridized carbons (Fsp3) is 0.0526. The Morgan fingerprint density at radius 3 is 0.913 bits per heavy atom. The highest BCUT2D eigenvalue weighted by atomic mass is 79.9. The molecule has 3 rings (SSSR count). The lowest BCUT2D eigenvalue weighted by atomic mass is 9.84. The van der Waals surface area contributed by atoms with Gasteiger partial charge in [-0.3, -0.25) is 0 Å². The van der Waals surface area contributed by atoms with E-state index in [1.54, 1.807) is 0 Å². The first-order chi connectivity index (χ1) is 11.0. The molecule has 0 unspecified atom stereocenters. The minimum atomic E-state index is -0.401. The predicted molar refractivity (Wildman–Crippen MR) is 108 cm³/mol. The van der Waals surface area contributed by atoms with Gasteiger partial charge in [0.2, 0.25) is 0 Å². The Bertz CT molecular complexity index is 683. The highest BCUT2D eigenvalue weighted by Crippen LogP contribution is 2.37. The van der Waals surface area contributed by atoms with Gasteiger partial charge >= 0.3 is 0 Å². The lowest BCUT2D eigenvalue weighted by Crippen LogP contribution is -2.29. The molecule has 0 bridgehead atoms. The Labute approximate surface area is 165 Å². The average Bonchev–Trinajstić information content (AvgIpc) is 2.56. The van der Waals surface area contributed by atoms with Gasteiger partial charge in [0.25, 0.3) is 0 Å². The molecule has 0 atom stereocenters. The molecule has 0 spiro atoms. The van der Waals surface area contributed by atoms with E-state index >= 15 is 0 Å². The van der Waals surface area contributed by atoms with Crippen LogP contribution in [-0.2, 0) is 5.04 Å². The van der Waals surface area contributed by atoms with Crippen molar-refractivity contribution in [3.05, 3.63) is 103 Å². The second-order valence-electron chi connectivity index (χ2n) is 5.27. The van der Waals surface area contributed by atoms with Gasteiger partial charge in [-0.1, -0.05) is 84.2 Å². The van der Waals surface area contributed by atoms with Crippen LogP contribution in [0.4, 0.5) is 0 Å². The van der Waals surface area contributed by atoms with Crippen molar-refractivity contribution in [2.24, 2.45) is 0 Å². The molecule has 4 heteroatoms. The third-order valence-corrected chi connectivity index (χ3v) is 6.28. The van der Waals surface area contributed by atoms with E-state index in [-0.39, 0.29) is 0 Å². The number of hydrogen-bond acceptors (Lipinski definition) is 0. The summed E-state index contributed by atoms with van der Waals surface area (Å²) in [5.74, 6) is 0. The van der Waals surface area contributed by atoms with Crippen LogP contribution in [0.15, 0.2) is 86.2 Å². The normalized spacial score (nSPS) is 11.5. The molecule has 0 fully saturated rings. The first kappa shape index (κ1) is 17.2. The Kier molecular flexibility index (Phi) is 5.26. The Morgan fingerprint density at radius 1 is 0.478 bits per heavy atom. The largest absolute Gasteiger partial charge is 0.0570 e. The number of hydrogen-bond donors (Lipinski definition) is 0. The number of benzene rings is 3. The Morgan fingerprint density at radius 2 is 0.696 bits per heavy atom. The monoisotopic (exact) mass is 505 g/mol. The van der Waals surface area contributed by atoms with E-state index in [9.17, 15) is 0 Å². The van der Waals surface area contributed by atoms with E-state index in [1.807, 2.05) is 0 Å². The molecule has 0 nitrogen and oxygen atoms in total.